The summed E-state index contributed by atoms with van der Waals surface area (Å²) in [5.41, 5.74) is -1.19. The van der Waals surface area contributed by atoms with Crippen LogP contribution >= 0.6 is 0 Å². The van der Waals surface area contributed by atoms with Crippen molar-refractivity contribution in [2.75, 3.05) is 28.0 Å². The molecule has 18 heteroatoms. The number of nitrogens with one attached hydrogen (secondary N) is 2. The smallest absolute Gasteiger partial charge is 0.475 e. The fourth-order valence-electron chi connectivity index (χ4n) is 3.80. The Bertz CT molecular complexity index is 1530. The van der Waals surface area contributed by atoms with Crippen LogP contribution in [0.25, 0.3) is 0 Å². The molecule has 1 aliphatic rings. The highest BCUT2D eigenvalue weighted by molar-refractivity contribution is 7.92. The summed E-state index contributed by atoms with van der Waals surface area (Å²) >= 11 is 0. The summed E-state index contributed by atoms with van der Waals surface area (Å²) in [6.45, 7) is 1.14. The number of pyridine rings is 1. The zero-order valence-electron chi connectivity index (χ0n) is 22.0. The summed E-state index contributed by atoms with van der Waals surface area (Å²) in [7, 11) is -4.05. The van der Waals surface area contributed by atoms with Crippen LogP contribution in [0, 0.1) is 0 Å². The van der Waals surface area contributed by atoms with Crippen molar-refractivity contribution < 1.29 is 49.5 Å². The molecule has 0 spiro atoms. The second-order valence-corrected chi connectivity index (χ2v) is 10.7. The van der Waals surface area contributed by atoms with E-state index in [9.17, 15) is 39.6 Å². The van der Waals surface area contributed by atoms with E-state index in [2.05, 4.69) is 25.0 Å². The van der Waals surface area contributed by atoms with Crippen molar-refractivity contribution in [1.82, 2.24) is 15.0 Å². The molecule has 0 atom stereocenters. The van der Waals surface area contributed by atoms with Crippen LogP contribution in [0.4, 0.5) is 43.7 Å². The third-order valence-electron chi connectivity index (χ3n) is 5.81. The Kier molecular flexibility index (Phi) is 10.5. The van der Waals surface area contributed by atoms with Crippen molar-refractivity contribution >= 4 is 39.2 Å². The summed E-state index contributed by atoms with van der Waals surface area (Å²) in [6, 6.07) is 7.51. The van der Waals surface area contributed by atoms with E-state index >= 15 is 0 Å². The first-order chi connectivity index (χ1) is 20.1. The number of carbonyl (C=O) groups is 2. The van der Waals surface area contributed by atoms with Crippen LogP contribution in [-0.2, 0) is 21.0 Å². The van der Waals surface area contributed by atoms with Crippen LogP contribution in [0.15, 0.2) is 60.0 Å². The molecule has 0 aliphatic carbocycles. The van der Waals surface area contributed by atoms with Crippen LogP contribution in [-0.4, -0.2) is 59.6 Å². The average Bonchev–Trinajstić information content (AvgIpc) is 3.22. The van der Waals surface area contributed by atoms with E-state index in [0.29, 0.717) is 13.1 Å². The Morgan fingerprint density at radius 2 is 1.58 bits per heavy atom. The maximum atomic E-state index is 13.4. The van der Waals surface area contributed by atoms with Crippen LogP contribution in [0.2, 0.25) is 0 Å². The number of hydrogen-bond acceptors (Lipinski definition) is 8. The largest absolute Gasteiger partial charge is 0.490 e. The summed E-state index contributed by atoms with van der Waals surface area (Å²) in [5.74, 6) is -3.37. The van der Waals surface area contributed by atoms with Gasteiger partial charge in [-0.25, -0.2) is 28.2 Å². The zero-order chi connectivity index (χ0) is 31.8. The lowest BCUT2D eigenvalue weighted by Gasteiger charge is -2.24. The van der Waals surface area contributed by atoms with E-state index in [-0.39, 0.29) is 27.8 Å². The highest BCUT2D eigenvalue weighted by atomic mass is 32.2. The minimum atomic E-state index is -5.08. The van der Waals surface area contributed by atoms with Crippen molar-refractivity contribution in [3.63, 3.8) is 0 Å². The van der Waals surface area contributed by atoms with Gasteiger partial charge >= 0.3 is 18.3 Å². The third kappa shape index (κ3) is 9.52. The van der Waals surface area contributed by atoms with E-state index in [1.54, 1.807) is 0 Å². The fourth-order valence-corrected chi connectivity index (χ4v) is 4.86. The minimum absolute atomic E-state index is 0.0524. The second kappa shape index (κ2) is 13.7. The standard InChI is InChI=1S/C23H23F3N6O3S.C2HF3O2/c24-23(25,26)16-12-19(21(28-14-16)32-10-3-1-2-4-11-32)22(33)30-17-6-5-7-18(13-17)36(34,35)31-20-8-9-27-15-29-20;3-2(4,5)1(6)7/h5-9,12-15H,1-4,10-11H2,(H,30,33)(H,27,29,31);(H,6,7). The van der Waals surface area contributed by atoms with Gasteiger partial charge in [0.05, 0.1) is 16.0 Å². The molecule has 11 nitrogen and oxygen atoms in total. The summed E-state index contributed by atoms with van der Waals surface area (Å²) in [4.78, 5) is 35.2. The number of carboxylic acid groups (broad SMARTS) is 1. The van der Waals surface area contributed by atoms with Gasteiger partial charge in [-0.1, -0.05) is 18.9 Å². The minimum Gasteiger partial charge on any atom is -0.475 e. The molecule has 43 heavy (non-hydrogen) atoms. The normalized spacial score (nSPS) is 14.1. The van der Waals surface area contributed by atoms with Gasteiger partial charge in [0.2, 0.25) is 0 Å². The summed E-state index contributed by atoms with van der Waals surface area (Å²) in [5, 5.41) is 9.64. The number of carboxylic acids is 1. The van der Waals surface area contributed by atoms with Gasteiger partial charge in [0.15, 0.2) is 0 Å². The average molecular weight is 635 g/mol. The molecule has 4 rings (SSSR count). The van der Waals surface area contributed by atoms with Gasteiger partial charge in [-0.15, -0.1) is 0 Å². The third-order valence-corrected chi connectivity index (χ3v) is 7.16. The number of hydrogen-bond donors (Lipinski definition) is 3. The van der Waals surface area contributed by atoms with E-state index in [1.165, 1.54) is 42.9 Å². The molecule has 1 fully saturated rings. The van der Waals surface area contributed by atoms with Gasteiger partial charge < -0.3 is 15.3 Å². The molecule has 0 unspecified atom stereocenters. The van der Waals surface area contributed by atoms with E-state index in [1.807, 2.05) is 4.90 Å². The number of halogens is 6. The lowest BCUT2D eigenvalue weighted by molar-refractivity contribution is -0.192. The first-order valence-electron chi connectivity index (χ1n) is 12.4. The molecule has 3 N–H and O–H groups in total. The molecule has 1 aromatic carbocycles. The van der Waals surface area contributed by atoms with E-state index < -0.39 is 39.8 Å². The van der Waals surface area contributed by atoms with Gasteiger partial charge in [0.25, 0.3) is 15.9 Å². The number of alkyl halides is 6. The van der Waals surface area contributed by atoms with Crippen LogP contribution in [0.1, 0.15) is 41.6 Å². The first kappa shape index (κ1) is 33.0. The Hall–Kier alpha value is -4.48. The molecule has 232 valence electrons. The summed E-state index contributed by atoms with van der Waals surface area (Å²) < 4.78 is 99.7. The van der Waals surface area contributed by atoms with Gasteiger partial charge in [-0.3, -0.25) is 9.52 Å². The predicted molar refractivity (Wildman–Crippen MR) is 141 cm³/mol. The van der Waals surface area contributed by atoms with Crippen molar-refractivity contribution in [2.24, 2.45) is 0 Å². The molecule has 1 saturated heterocycles. The monoisotopic (exact) mass is 634 g/mol. The number of amides is 1. The Morgan fingerprint density at radius 1 is 0.930 bits per heavy atom. The Morgan fingerprint density at radius 3 is 2.14 bits per heavy atom. The van der Waals surface area contributed by atoms with Crippen molar-refractivity contribution in [1.29, 1.82) is 0 Å². The highest BCUT2D eigenvalue weighted by Crippen LogP contribution is 2.32. The SMILES string of the molecule is O=C(Nc1cccc(S(=O)(=O)Nc2ccncn2)c1)c1cc(C(F)(F)F)cnc1N1CCCCCC1.O=C(O)C(F)(F)F. The van der Waals surface area contributed by atoms with Crippen LogP contribution < -0.4 is 14.9 Å². The topological polar surface area (TPSA) is 154 Å². The van der Waals surface area contributed by atoms with Crippen LogP contribution in [0.3, 0.4) is 0 Å². The van der Waals surface area contributed by atoms with Gasteiger partial charge in [0, 0.05) is 31.2 Å². The molecular formula is C25H24F6N6O5S. The maximum absolute atomic E-state index is 13.4. The molecule has 3 aromatic rings. The Balaban J connectivity index is 0.000000646. The van der Waals surface area contributed by atoms with Gasteiger partial charge in [0.1, 0.15) is 18.0 Å². The predicted octanol–water partition coefficient (Wildman–Crippen LogP) is 4.96. The lowest BCUT2D eigenvalue weighted by Crippen LogP contribution is -2.29. The number of nitrogens with zero attached hydrogens (tertiary/aromatic N) is 4. The number of benzene rings is 1. The highest BCUT2D eigenvalue weighted by Gasteiger charge is 2.38. The number of rotatable bonds is 6. The van der Waals surface area contributed by atoms with Gasteiger partial charge in [-0.05, 0) is 43.2 Å². The zero-order valence-corrected chi connectivity index (χ0v) is 22.8. The number of aliphatic carboxylic acids is 1. The lowest BCUT2D eigenvalue weighted by atomic mass is 10.1. The second-order valence-electron chi connectivity index (χ2n) is 8.98. The molecule has 0 bridgehead atoms. The first-order valence-corrected chi connectivity index (χ1v) is 13.9. The fraction of sp³-hybridized carbons (Fsp3) is 0.320. The number of anilines is 3. The molecule has 0 saturated carbocycles. The van der Waals surface area contributed by atoms with Crippen molar-refractivity contribution in [3.8, 4) is 0 Å². The molecule has 1 aliphatic heterocycles. The van der Waals surface area contributed by atoms with E-state index in [0.717, 1.165) is 37.9 Å². The quantitative estimate of drug-likeness (QED) is 0.319. The molecular weight excluding hydrogens is 610 g/mol. The number of sulfonamides is 1. The van der Waals surface area contributed by atoms with Crippen LogP contribution in [0.5, 0.6) is 0 Å². The maximum Gasteiger partial charge on any atom is 0.490 e. The molecule has 2 aromatic heterocycles. The molecule has 3 heterocycles. The number of carbonyl (C=O) groups excluding carboxylic acids is 1. The Labute approximate surface area is 241 Å². The summed E-state index contributed by atoms with van der Waals surface area (Å²) in [6.07, 6.45) is -2.84. The molecule has 0 radical (unpaired) electrons. The van der Waals surface area contributed by atoms with Crippen molar-refractivity contribution in [3.05, 3.63) is 66.2 Å². The van der Waals surface area contributed by atoms with Gasteiger partial charge in [-0.2, -0.15) is 26.3 Å². The molecule has 1 amide bonds. The van der Waals surface area contributed by atoms with Crippen molar-refractivity contribution in [2.45, 2.75) is 42.9 Å². The number of aromatic nitrogens is 3. The van der Waals surface area contributed by atoms with E-state index in [4.69, 9.17) is 9.90 Å².